The summed E-state index contributed by atoms with van der Waals surface area (Å²) in [5.41, 5.74) is 1.05. The Morgan fingerprint density at radius 1 is 1.78 bits per heavy atom. The van der Waals surface area contributed by atoms with Crippen LogP contribution >= 0.6 is 0 Å². The molecule has 0 aromatic rings. The number of allylic oxidation sites excluding steroid dienone is 1. The highest BCUT2D eigenvalue weighted by atomic mass is 16.5. The van der Waals surface area contributed by atoms with Crippen molar-refractivity contribution in [1.82, 2.24) is 0 Å². The van der Waals surface area contributed by atoms with Crippen molar-refractivity contribution in [3.05, 3.63) is 12.2 Å². The zero-order chi connectivity index (χ0) is 6.69. The minimum absolute atomic E-state index is 0.0648. The van der Waals surface area contributed by atoms with Crippen LogP contribution in [0.4, 0.5) is 0 Å². The molecule has 0 aliphatic carbocycles. The average molecular weight is 125 g/mol. The topological polar surface area (TPSA) is 21.6 Å². The highest BCUT2D eigenvalue weighted by Crippen LogP contribution is 2.06. The van der Waals surface area contributed by atoms with Gasteiger partial charge in [-0.05, 0) is 13.0 Å². The van der Waals surface area contributed by atoms with Gasteiger partial charge in [-0.1, -0.05) is 6.08 Å². The average Bonchev–Trinajstić information content (AvgIpc) is 1.88. The van der Waals surface area contributed by atoms with E-state index in [4.69, 9.17) is 4.74 Å². The lowest BCUT2D eigenvalue weighted by Gasteiger charge is -2.11. The molecule has 2 nitrogen and oxygen atoms in total. The summed E-state index contributed by atoms with van der Waals surface area (Å²) in [6.07, 6.45) is 5.06. The molecule has 1 unspecified atom stereocenters. The van der Waals surface area contributed by atoms with Crippen molar-refractivity contribution in [3.63, 3.8) is 0 Å². The Labute approximate surface area is 55.2 Å². The molecule has 1 rings (SSSR count). The van der Waals surface area contributed by atoms with Gasteiger partial charge in [0.25, 0.3) is 0 Å². The predicted octanol–water partition coefficient (Wildman–Crippen LogP) is 1.38. The second-order valence-electron chi connectivity index (χ2n) is 2.10. The summed E-state index contributed by atoms with van der Waals surface area (Å²) < 4.78 is 5.02. The van der Waals surface area contributed by atoms with Crippen molar-refractivity contribution in [2.45, 2.75) is 19.6 Å². The largest absolute Gasteiger partial charge is 0.359 e. The van der Waals surface area contributed by atoms with Crippen LogP contribution < -0.4 is 0 Å². The third kappa shape index (κ3) is 1.64. The molecule has 0 saturated heterocycles. The lowest BCUT2D eigenvalue weighted by molar-refractivity contribution is 0.112. The van der Waals surface area contributed by atoms with E-state index >= 15 is 0 Å². The Morgan fingerprint density at radius 3 is 3.00 bits per heavy atom. The number of methoxy groups -OCH3 is 1. The Morgan fingerprint density at radius 2 is 2.56 bits per heavy atom. The fourth-order valence-corrected chi connectivity index (χ4v) is 0.827. The zero-order valence-corrected chi connectivity index (χ0v) is 5.79. The van der Waals surface area contributed by atoms with Crippen LogP contribution in [0.2, 0.25) is 0 Å². The molecule has 0 spiro atoms. The molecule has 50 valence electrons. The van der Waals surface area contributed by atoms with E-state index in [2.05, 4.69) is 11.1 Å². The van der Waals surface area contributed by atoms with E-state index in [9.17, 15) is 0 Å². The summed E-state index contributed by atoms with van der Waals surface area (Å²) in [5, 5.41) is 0. The quantitative estimate of drug-likeness (QED) is 0.518. The first kappa shape index (κ1) is 6.49. The van der Waals surface area contributed by atoms with Crippen LogP contribution in [0.1, 0.15) is 13.3 Å². The SMILES string of the molecule is COC1CC=CC(C)=N1. The minimum Gasteiger partial charge on any atom is -0.359 e. The van der Waals surface area contributed by atoms with E-state index < -0.39 is 0 Å². The smallest absolute Gasteiger partial charge is 0.151 e. The van der Waals surface area contributed by atoms with Gasteiger partial charge >= 0.3 is 0 Å². The summed E-state index contributed by atoms with van der Waals surface area (Å²) in [6.45, 7) is 1.97. The van der Waals surface area contributed by atoms with Crippen LogP contribution in [0.15, 0.2) is 17.1 Å². The molecule has 0 N–H and O–H groups in total. The molecule has 1 heterocycles. The van der Waals surface area contributed by atoms with Crippen LogP contribution in [0.25, 0.3) is 0 Å². The molecular weight excluding hydrogens is 114 g/mol. The van der Waals surface area contributed by atoms with Gasteiger partial charge < -0.3 is 4.74 Å². The molecule has 2 heteroatoms. The number of aliphatic imine (C=N–C) groups is 1. The number of hydrogen-bond acceptors (Lipinski definition) is 2. The van der Waals surface area contributed by atoms with E-state index in [0.717, 1.165) is 12.1 Å². The molecule has 0 aromatic carbocycles. The van der Waals surface area contributed by atoms with Gasteiger partial charge in [-0.3, -0.25) is 4.99 Å². The molecule has 0 fully saturated rings. The maximum Gasteiger partial charge on any atom is 0.151 e. The fraction of sp³-hybridized carbons (Fsp3) is 0.571. The molecule has 0 bridgehead atoms. The lowest BCUT2D eigenvalue weighted by Crippen LogP contribution is -2.11. The maximum absolute atomic E-state index is 5.02. The summed E-state index contributed by atoms with van der Waals surface area (Å²) in [6, 6.07) is 0. The van der Waals surface area contributed by atoms with Crippen LogP contribution in [-0.4, -0.2) is 19.0 Å². The van der Waals surface area contributed by atoms with E-state index in [1.807, 2.05) is 13.0 Å². The van der Waals surface area contributed by atoms with Gasteiger partial charge in [-0.25, -0.2) is 0 Å². The summed E-state index contributed by atoms with van der Waals surface area (Å²) in [7, 11) is 1.68. The highest BCUT2D eigenvalue weighted by molar-refractivity contribution is 5.93. The van der Waals surface area contributed by atoms with Crippen LogP contribution in [0, 0.1) is 0 Å². The zero-order valence-electron chi connectivity index (χ0n) is 5.79. The van der Waals surface area contributed by atoms with Gasteiger partial charge in [-0.2, -0.15) is 0 Å². The first-order valence-electron chi connectivity index (χ1n) is 3.06. The number of nitrogens with zero attached hydrogens (tertiary/aromatic N) is 1. The van der Waals surface area contributed by atoms with Crippen molar-refractivity contribution in [2.24, 2.45) is 4.99 Å². The first-order chi connectivity index (χ1) is 4.33. The third-order valence-electron chi connectivity index (χ3n) is 1.32. The number of dihydropyridines is 1. The van der Waals surface area contributed by atoms with Crippen molar-refractivity contribution in [2.75, 3.05) is 7.11 Å². The predicted molar refractivity (Wildman–Crippen MR) is 37.7 cm³/mol. The standard InChI is InChI=1S/C7H11NO/c1-6-4-3-5-7(8-6)9-2/h3-4,7H,5H2,1-2H3. The van der Waals surface area contributed by atoms with Gasteiger partial charge in [-0.15, -0.1) is 0 Å². The molecule has 1 aliphatic heterocycles. The van der Waals surface area contributed by atoms with Gasteiger partial charge in [0, 0.05) is 19.2 Å². The first-order valence-corrected chi connectivity index (χ1v) is 3.06. The van der Waals surface area contributed by atoms with E-state index in [0.29, 0.717) is 0 Å². The van der Waals surface area contributed by atoms with Gasteiger partial charge in [0.2, 0.25) is 0 Å². The monoisotopic (exact) mass is 125 g/mol. The molecule has 1 aliphatic rings. The number of ether oxygens (including phenoxy) is 1. The summed E-state index contributed by atoms with van der Waals surface area (Å²) in [4.78, 5) is 4.21. The third-order valence-corrected chi connectivity index (χ3v) is 1.32. The maximum atomic E-state index is 5.02. The van der Waals surface area contributed by atoms with Crippen molar-refractivity contribution in [3.8, 4) is 0 Å². The lowest BCUT2D eigenvalue weighted by atomic mass is 10.2. The Bertz CT molecular complexity index is 149. The number of hydrogen-bond donors (Lipinski definition) is 0. The minimum atomic E-state index is 0.0648. The molecule has 0 aromatic heterocycles. The summed E-state index contributed by atoms with van der Waals surface area (Å²) in [5.74, 6) is 0. The van der Waals surface area contributed by atoms with E-state index in [1.54, 1.807) is 7.11 Å². The Balaban J connectivity index is 2.55. The number of rotatable bonds is 1. The fourth-order valence-electron chi connectivity index (χ4n) is 0.827. The van der Waals surface area contributed by atoms with Gasteiger partial charge in [0.15, 0.2) is 6.23 Å². The molecule has 0 radical (unpaired) electrons. The molecule has 9 heavy (non-hydrogen) atoms. The highest BCUT2D eigenvalue weighted by Gasteiger charge is 2.04. The molecular formula is C7H11NO. The van der Waals surface area contributed by atoms with Crippen LogP contribution in [-0.2, 0) is 4.74 Å². The van der Waals surface area contributed by atoms with Gasteiger partial charge in [0.05, 0.1) is 0 Å². The normalized spacial score (nSPS) is 26.0. The Hall–Kier alpha value is -0.630. The van der Waals surface area contributed by atoms with Gasteiger partial charge in [0.1, 0.15) is 0 Å². The Kier molecular flexibility index (Phi) is 2.01. The molecule has 0 amide bonds. The van der Waals surface area contributed by atoms with E-state index in [-0.39, 0.29) is 6.23 Å². The van der Waals surface area contributed by atoms with E-state index in [1.165, 1.54) is 0 Å². The second kappa shape index (κ2) is 2.78. The summed E-state index contributed by atoms with van der Waals surface area (Å²) >= 11 is 0. The van der Waals surface area contributed by atoms with Crippen LogP contribution in [0.5, 0.6) is 0 Å². The molecule has 0 saturated carbocycles. The molecule has 1 atom stereocenters. The second-order valence-corrected chi connectivity index (χ2v) is 2.10. The van der Waals surface area contributed by atoms with Crippen molar-refractivity contribution < 1.29 is 4.74 Å². The van der Waals surface area contributed by atoms with Crippen molar-refractivity contribution in [1.29, 1.82) is 0 Å². The van der Waals surface area contributed by atoms with Crippen LogP contribution in [0.3, 0.4) is 0 Å². The van der Waals surface area contributed by atoms with Crippen molar-refractivity contribution >= 4 is 5.71 Å².